The molecule has 0 fully saturated rings. The quantitative estimate of drug-likeness (QED) is 0.655. The molecule has 6 heteroatoms. The van der Waals surface area contributed by atoms with Gasteiger partial charge in [0.25, 0.3) is 5.56 Å². The van der Waals surface area contributed by atoms with Gasteiger partial charge in [-0.05, 0) is 49.2 Å². The average molecular weight is 403 g/mol. The molecular formula is C19H19BrN2O3. The van der Waals surface area contributed by atoms with Crippen LogP contribution in [0.4, 0.5) is 0 Å². The monoisotopic (exact) mass is 402 g/mol. The van der Waals surface area contributed by atoms with Crippen molar-refractivity contribution in [2.45, 2.75) is 13.8 Å². The lowest BCUT2D eigenvalue weighted by atomic mass is 10.0. The first-order valence-electron chi connectivity index (χ1n) is 7.92. The molecule has 0 saturated carbocycles. The number of hydrogen-bond donors (Lipinski definition) is 1. The minimum absolute atomic E-state index is 0.215. The summed E-state index contributed by atoms with van der Waals surface area (Å²) < 4.78 is 11.0. The van der Waals surface area contributed by atoms with E-state index >= 15 is 0 Å². The third kappa shape index (κ3) is 3.39. The minimum Gasteiger partial charge on any atom is -0.496 e. The molecule has 0 aliphatic heterocycles. The number of fused-ring (bicyclic) bond motifs is 1. The lowest BCUT2D eigenvalue weighted by Gasteiger charge is -2.13. The second-order valence-corrected chi connectivity index (χ2v) is 6.54. The molecular weight excluding hydrogens is 384 g/mol. The van der Waals surface area contributed by atoms with E-state index < -0.39 is 0 Å². The maximum atomic E-state index is 12.5. The molecule has 1 heterocycles. The van der Waals surface area contributed by atoms with Crippen molar-refractivity contribution in [3.05, 3.63) is 51.8 Å². The number of alkyl halides is 1. The van der Waals surface area contributed by atoms with Gasteiger partial charge in [0, 0.05) is 10.9 Å². The number of aromatic amines is 1. The van der Waals surface area contributed by atoms with Gasteiger partial charge >= 0.3 is 0 Å². The van der Waals surface area contributed by atoms with E-state index in [4.69, 9.17) is 9.47 Å². The zero-order valence-electron chi connectivity index (χ0n) is 14.4. The van der Waals surface area contributed by atoms with Crippen LogP contribution in [0.3, 0.4) is 0 Å². The Kier molecular flexibility index (Phi) is 5.08. The number of nitrogens with one attached hydrogen (secondary N) is 1. The molecule has 1 aromatic heterocycles. The molecule has 5 nitrogen and oxygen atoms in total. The van der Waals surface area contributed by atoms with Crippen molar-refractivity contribution >= 4 is 26.8 Å². The highest BCUT2D eigenvalue weighted by Gasteiger charge is 2.13. The summed E-state index contributed by atoms with van der Waals surface area (Å²) in [7, 11) is 1.54. The predicted molar refractivity (Wildman–Crippen MR) is 103 cm³/mol. The predicted octanol–water partition coefficient (Wildman–Crippen LogP) is 3.99. The van der Waals surface area contributed by atoms with Gasteiger partial charge in [0.1, 0.15) is 22.7 Å². The number of benzene rings is 2. The van der Waals surface area contributed by atoms with E-state index in [0.717, 1.165) is 27.8 Å². The standard InChI is InChI=1S/C19H19BrN2O3/c1-11-9-13(10-12(2)17(11)25-8-7-20)18-21-14-5-4-6-15(24-3)16(14)19(23)22-18/h4-6,9-10H,7-8H2,1-3H3,(H,21,22,23). The van der Waals surface area contributed by atoms with Gasteiger partial charge in [-0.1, -0.05) is 22.0 Å². The Morgan fingerprint density at radius 1 is 1.20 bits per heavy atom. The second-order valence-electron chi connectivity index (χ2n) is 5.75. The van der Waals surface area contributed by atoms with Gasteiger partial charge in [0.15, 0.2) is 0 Å². The Balaban J connectivity index is 2.12. The zero-order valence-corrected chi connectivity index (χ0v) is 15.9. The summed E-state index contributed by atoms with van der Waals surface area (Å²) in [4.78, 5) is 20.0. The fraction of sp³-hybridized carbons (Fsp3) is 0.263. The van der Waals surface area contributed by atoms with Gasteiger partial charge in [-0.2, -0.15) is 0 Å². The first-order valence-corrected chi connectivity index (χ1v) is 9.04. The van der Waals surface area contributed by atoms with E-state index in [-0.39, 0.29) is 5.56 Å². The minimum atomic E-state index is -0.215. The number of aryl methyl sites for hydroxylation is 2. The highest BCUT2D eigenvalue weighted by Crippen LogP contribution is 2.29. The molecule has 0 amide bonds. The number of aromatic nitrogens is 2. The maximum absolute atomic E-state index is 12.5. The summed E-state index contributed by atoms with van der Waals surface area (Å²) in [6, 6.07) is 9.33. The highest BCUT2D eigenvalue weighted by atomic mass is 79.9. The molecule has 0 atom stereocenters. The Morgan fingerprint density at radius 2 is 1.92 bits per heavy atom. The topological polar surface area (TPSA) is 64.2 Å². The van der Waals surface area contributed by atoms with Crippen molar-refractivity contribution in [1.82, 2.24) is 9.97 Å². The molecule has 3 rings (SSSR count). The van der Waals surface area contributed by atoms with Gasteiger partial charge in [0.2, 0.25) is 0 Å². The number of nitrogens with zero attached hydrogens (tertiary/aromatic N) is 1. The van der Waals surface area contributed by atoms with Gasteiger partial charge in [-0.3, -0.25) is 4.79 Å². The van der Waals surface area contributed by atoms with Crippen LogP contribution in [-0.4, -0.2) is 29.0 Å². The molecule has 0 bridgehead atoms. The molecule has 3 aromatic rings. The van der Waals surface area contributed by atoms with Crippen LogP contribution in [0.15, 0.2) is 35.1 Å². The second kappa shape index (κ2) is 7.27. The Labute approximate surface area is 154 Å². The van der Waals surface area contributed by atoms with Crippen LogP contribution in [0.25, 0.3) is 22.3 Å². The fourth-order valence-electron chi connectivity index (χ4n) is 2.92. The number of rotatable bonds is 5. The maximum Gasteiger partial charge on any atom is 0.262 e. The summed E-state index contributed by atoms with van der Waals surface area (Å²) in [6.45, 7) is 4.58. The number of methoxy groups -OCH3 is 1. The van der Waals surface area contributed by atoms with Crippen molar-refractivity contribution in [3.8, 4) is 22.9 Å². The molecule has 1 N–H and O–H groups in total. The Bertz CT molecular complexity index is 959. The van der Waals surface area contributed by atoms with Crippen LogP contribution in [0.1, 0.15) is 11.1 Å². The first-order chi connectivity index (χ1) is 12.0. The lowest BCUT2D eigenvalue weighted by molar-refractivity contribution is 0.340. The number of hydrogen-bond acceptors (Lipinski definition) is 4. The number of ether oxygens (including phenoxy) is 2. The van der Waals surface area contributed by atoms with E-state index in [0.29, 0.717) is 29.1 Å². The Hall–Kier alpha value is -2.34. The van der Waals surface area contributed by atoms with Crippen molar-refractivity contribution in [2.24, 2.45) is 0 Å². The largest absolute Gasteiger partial charge is 0.496 e. The van der Waals surface area contributed by atoms with Crippen molar-refractivity contribution < 1.29 is 9.47 Å². The molecule has 0 unspecified atom stereocenters. The Morgan fingerprint density at radius 3 is 2.56 bits per heavy atom. The van der Waals surface area contributed by atoms with E-state index in [1.165, 1.54) is 0 Å². The van der Waals surface area contributed by atoms with Crippen LogP contribution in [0.2, 0.25) is 0 Å². The zero-order chi connectivity index (χ0) is 18.0. The molecule has 0 saturated heterocycles. The van der Waals surface area contributed by atoms with Gasteiger partial charge < -0.3 is 14.5 Å². The highest BCUT2D eigenvalue weighted by molar-refractivity contribution is 9.09. The molecule has 2 aromatic carbocycles. The van der Waals surface area contributed by atoms with E-state index in [2.05, 4.69) is 25.9 Å². The van der Waals surface area contributed by atoms with Crippen LogP contribution in [0, 0.1) is 13.8 Å². The van der Waals surface area contributed by atoms with E-state index in [1.807, 2.05) is 38.1 Å². The van der Waals surface area contributed by atoms with Gasteiger partial charge in [0.05, 0.1) is 19.2 Å². The van der Waals surface area contributed by atoms with Crippen LogP contribution >= 0.6 is 15.9 Å². The summed E-state index contributed by atoms with van der Waals surface area (Å²) >= 11 is 3.36. The van der Waals surface area contributed by atoms with Gasteiger partial charge in [-0.15, -0.1) is 0 Å². The molecule has 25 heavy (non-hydrogen) atoms. The first kappa shape index (κ1) is 17.5. The normalized spacial score (nSPS) is 10.9. The van der Waals surface area contributed by atoms with Crippen LogP contribution in [0.5, 0.6) is 11.5 Å². The third-order valence-electron chi connectivity index (χ3n) is 3.97. The lowest BCUT2D eigenvalue weighted by Crippen LogP contribution is -2.11. The smallest absolute Gasteiger partial charge is 0.262 e. The molecule has 0 spiro atoms. The molecule has 0 radical (unpaired) electrons. The molecule has 0 aliphatic carbocycles. The SMILES string of the molecule is COc1cccc2nc(-c3cc(C)c(OCCBr)c(C)c3)[nH]c(=O)c12. The number of H-pyrrole nitrogens is 1. The third-order valence-corrected chi connectivity index (χ3v) is 4.30. The summed E-state index contributed by atoms with van der Waals surface area (Å²) in [6.07, 6.45) is 0. The summed E-state index contributed by atoms with van der Waals surface area (Å²) in [5.74, 6) is 1.92. The van der Waals surface area contributed by atoms with Gasteiger partial charge in [-0.25, -0.2) is 4.98 Å². The van der Waals surface area contributed by atoms with Crippen LogP contribution < -0.4 is 15.0 Å². The molecule has 130 valence electrons. The fourth-order valence-corrected chi connectivity index (χ4v) is 3.08. The van der Waals surface area contributed by atoms with E-state index in [1.54, 1.807) is 13.2 Å². The molecule has 0 aliphatic rings. The summed E-state index contributed by atoms with van der Waals surface area (Å²) in [5.41, 5.74) is 3.25. The van der Waals surface area contributed by atoms with Crippen molar-refractivity contribution in [2.75, 3.05) is 19.0 Å². The number of halogens is 1. The van der Waals surface area contributed by atoms with Crippen molar-refractivity contribution in [1.29, 1.82) is 0 Å². The average Bonchev–Trinajstić information content (AvgIpc) is 2.60. The van der Waals surface area contributed by atoms with Crippen LogP contribution in [-0.2, 0) is 0 Å². The van der Waals surface area contributed by atoms with E-state index in [9.17, 15) is 4.79 Å². The van der Waals surface area contributed by atoms with Crippen molar-refractivity contribution in [3.63, 3.8) is 0 Å². The summed E-state index contributed by atoms with van der Waals surface area (Å²) in [5, 5.41) is 1.23.